The molecule has 0 saturated carbocycles. The lowest BCUT2D eigenvalue weighted by atomic mass is 10.1. The van der Waals surface area contributed by atoms with Gasteiger partial charge in [0, 0.05) is 17.7 Å². The van der Waals surface area contributed by atoms with Crippen molar-refractivity contribution < 1.29 is 9.18 Å². The first-order valence-electron chi connectivity index (χ1n) is 5.76. The maximum Gasteiger partial charge on any atom is 0.263 e. The monoisotopic (exact) mass is 309 g/mol. The molecule has 1 aromatic carbocycles. The number of carbonyl (C=O) groups is 1. The summed E-state index contributed by atoms with van der Waals surface area (Å²) in [7, 11) is 0. The molecule has 0 bridgehead atoms. The molecular formula is C13H12FN3OS2. The van der Waals surface area contributed by atoms with Crippen LogP contribution in [0.25, 0.3) is 0 Å². The Bertz CT molecular complexity index is 669. The number of amides is 1. The normalized spacial score (nSPS) is 10.3. The zero-order valence-corrected chi connectivity index (χ0v) is 12.3. The van der Waals surface area contributed by atoms with E-state index in [9.17, 15) is 9.18 Å². The van der Waals surface area contributed by atoms with Crippen LogP contribution in [0.1, 0.15) is 25.8 Å². The summed E-state index contributed by atoms with van der Waals surface area (Å²) in [6, 6.07) is 4.45. The molecule has 4 nitrogen and oxygen atoms in total. The molecule has 0 aliphatic heterocycles. The minimum atomic E-state index is -0.448. The highest BCUT2D eigenvalue weighted by atomic mass is 32.1. The van der Waals surface area contributed by atoms with Gasteiger partial charge in [-0.05, 0) is 13.0 Å². The summed E-state index contributed by atoms with van der Waals surface area (Å²) in [4.78, 5) is 16.5. The van der Waals surface area contributed by atoms with Crippen LogP contribution in [0.3, 0.4) is 0 Å². The summed E-state index contributed by atoms with van der Waals surface area (Å²) in [5.41, 5.74) is 6.26. The number of thiazole rings is 1. The Morgan fingerprint density at radius 2 is 2.30 bits per heavy atom. The fourth-order valence-corrected chi connectivity index (χ4v) is 2.39. The number of hydrogen-bond acceptors (Lipinski definition) is 4. The van der Waals surface area contributed by atoms with Crippen molar-refractivity contribution in [2.24, 2.45) is 5.73 Å². The molecule has 3 N–H and O–H groups in total. The maximum atomic E-state index is 13.8. The molecular weight excluding hydrogens is 297 g/mol. The van der Waals surface area contributed by atoms with E-state index in [2.05, 4.69) is 10.3 Å². The zero-order chi connectivity index (χ0) is 14.7. The molecule has 0 spiro atoms. The van der Waals surface area contributed by atoms with E-state index < -0.39 is 5.82 Å². The summed E-state index contributed by atoms with van der Waals surface area (Å²) >= 11 is 6.06. The average molecular weight is 309 g/mol. The number of hydrogen-bond donors (Lipinski definition) is 2. The third kappa shape index (κ3) is 3.37. The van der Waals surface area contributed by atoms with Crippen LogP contribution in [0.5, 0.6) is 0 Å². The van der Waals surface area contributed by atoms with Gasteiger partial charge < -0.3 is 11.1 Å². The summed E-state index contributed by atoms with van der Waals surface area (Å²) in [5.74, 6) is -0.718. The van der Waals surface area contributed by atoms with Gasteiger partial charge in [-0.15, -0.1) is 11.3 Å². The van der Waals surface area contributed by atoms with E-state index in [1.54, 1.807) is 12.1 Å². The summed E-state index contributed by atoms with van der Waals surface area (Å²) in [6.07, 6.45) is 1.50. The molecule has 7 heteroatoms. The molecule has 2 rings (SSSR count). The quantitative estimate of drug-likeness (QED) is 0.849. The van der Waals surface area contributed by atoms with E-state index in [0.717, 1.165) is 5.01 Å². The van der Waals surface area contributed by atoms with Crippen LogP contribution in [0.2, 0.25) is 0 Å². The van der Waals surface area contributed by atoms with Crippen molar-refractivity contribution >= 4 is 34.5 Å². The van der Waals surface area contributed by atoms with Gasteiger partial charge in [0.25, 0.3) is 5.91 Å². The first-order valence-corrected chi connectivity index (χ1v) is 6.98. The fourth-order valence-electron chi connectivity index (χ4n) is 1.57. The SMILES string of the molecule is Cc1ncc(C(=O)NCc2ccc(C(N)=S)cc2F)s1. The number of benzene rings is 1. The van der Waals surface area contributed by atoms with E-state index in [1.807, 2.05) is 6.92 Å². The number of aromatic nitrogens is 1. The van der Waals surface area contributed by atoms with E-state index >= 15 is 0 Å². The standard InChI is InChI=1S/C13H12FN3OS2/c1-7-16-6-11(20-7)13(18)17-5-9-3-2-8(12(15)19)4-10(9)14/h2-4,6H,5H2,1H3,(H2,15,19)(H,17,18). The van der Waals surface area contributed by atoms with E-state index in [0.29, 0.717) is 16.0 Å². The van der Waals surface area contributed by atoms with E-state index in [4.69, 9.17) is 18.0 Å². The Morgan fingerprint density at radius 1 is 1.55 bits per heavy atom. The van der Waals surface area contributed by atoms with Crippen molar-refractivity contribution in [2.45, 2.75) is 13.5 Å². The molecule has 20 heavy (non-hydrogen) atoms. The average Bonchev–Trinajstić information content (AvgIpc) is 2.83. The molecule has 0 aliphatic carbocycles. The van der Waals surface area contributed by atoms with Crippen molar-refractivity contribution in [3.05, 3.63) is 51.2 Å². The van der Waals surface area contributed by atoms with Crippen LogP contribution in [0.4, 0.5) is 4.39 Å². The summed E-state index contributed by atoms with van der Waals surface area (Å²) < 4.78 is 13.8. The highest BCUT2D eigenvalue weighted by Gasteiger charge is 2.10. The predicted octanol–water partition coefficient (Wildman–Crippen LogP) is 2.15. The number of thiocarbonyl (C=S) groups is 1. The number of aryl methyl sites for hydroxylation is 1. The van der Waals surface area contributed by atoms with Crippen molar-refractivity contribution in [1.82, 2.24) is 10.3 Å². The third-order valence-corrected chi connectivity index (χ3v) is 3.77. The van der Waals surface area contributed by atoms with Crippen LogP contribution >= 0.6 is 23.6 Å². The zero-order valence-electron chi connectivity index (χ0n) is 10.6. The second-order valence-corrected chi connectivity index (χ2v) is 5.77. The van der Waals surface area contributed by atoms with Crippen LogP contribution in [-0.4, -0.2) is 15.9 Å². The topological polar surface area (TPSA) is 68.0 Å². The largest absolute Gasteiger partial charge is 0.389 e. The summed E-state index contributed by atoms with van der Waals surface area (Å²) in [6.45, 7) is 1.91. The molecule has 1 heterocycles. The van der Waals surface area contributed by atoms with Gasteiger partial charge >= 0.3 is 0 Å². The van der Waals surface area contributed by atoms with Gasteiger partial charge in [0.15, 0.2) is 0 Å². The van der Waals surface area contributed by atoms with Gasteiger partial charge in [-0.3, -0.25) is 4.79 Å². The number of rotatable bonds is 4. The number of nitrogens with zero attached hydrogens (tertiary/aromatic N) is 1. The Kier molecular flexibility index (Phi) is 4.41. The van der Waals surface area contributed by atoms with Crippen LogP contribution in [0, 0.1) is 12.7 Å². The van der Waals surface area contributed by atoms with Gasteiger partial charge in [-0.1, -0.05) is 24.4 Å². The smallest absolute Gasteiger partial charge is 0.263 e. The van der Waals surface area contributed by atoms with Gasteiger partial charge in [0.1, 0.15) is 15.7 Å². The lowest BCUT2D eigenvalue weighted by Gasteiger charge is -2.06. The number of carbonyl (C=O) groups excluding carboxylic acids is 1. The Balaban J connectivity index is 2.04. The van der Waals surface area contributed by atoms with Crippen molar-refractivity contribution in [3.8, 4) is 0 Å². The lowest BCUT2D eigenvalue weighted by Crippen LogP contribution is -2.22. The van der Waals surface area contributed by atoms with Crippen LogP contribution in [0.15, 0.2) is 24.4 Å². The molecule has 0 atom stereocenters. The Morgan fingerprint density at radius 3 is 2.85 bits per heavy atom. The number of nitrogens with one attached hydrogen (secondary N) is 1. The number of halogens is 1. The lowest BCUT2D eigenvalue weighted by molar-refractivity contribution is 0.0954. The third-order valence-electron chi connectivity index (χ3n) is 2.62. The predicted molar refractivity (Wildman–Crippen MR) is 80.3 cm³/mol. The van der Waals surface area contributed by atoms with Gasteiger partial charge in [0.05, 0.1) is 11.2 Å². The molecule has 0 aliphatic rings. The molecule has 104 valence electrons. The molecule has 0 saturated heterocycles. The van der Waals surface area contributed by atoms with Crippen molar-refractivity contribution in [2.75, 3.05) is 0 Å². The fraction of sp³-hybridized carbons (Fsp3) is 0.154. The van der Waals surface area contributed by atoms with Gasteiger partial charge in [-0.25, -0.2) is 9.37 Å². The minimum Gasteiger partial charge on any atom is -0.389 e. The summed E-state index contributed by atoms with van der Waals surface area (Å²) in [5, 5.41) is 3.45. The molecule has 1 amide bonds. The van der Waals surface area contributed by atoms with Crippen LogP contribution < -0.4 is 11.1 Å². The minimum absolute atomic E-state index is 0.0965. The maximum absolute atomic E-state index is 13.8. The molecule has 0 fully saturated rings. The molecule has 2 aromatic rings. The molecule has 0 radical (unpaired) electrons. The van der Waals surface area contributed by atoms with Gasteiger partial charge in [-0.2, -0.15) is 0 Å². The number of nitrogens with two attached hydrogens (primary N) is 1. The van der Waals surface area contributed by atoms with Gasteiger partial charge in [0.2, 0.25) is 0 Å². The van der Waals surface area contributed by atoms with Crippen molar-refractivity contribution in [1.29, 1.82) is 0 Å². The van der Waals surface area contributed by atoms with Crippen LogP contribution in [-0.2, 0) is 6.54 Å². The molecule has 0 unspecified atom stereocenters. The van der Waals surface area contributed by atoms with Crippen molar-refractivity contribution in [3.63, 3.8) is 0 Å². The Hall–Kier alpha value is -1.86. The second-order valence-electron chi connectivity index (χ2n) is 4.10. The van der Waals surface area contributed by atoms with E-state index in [1.165, 1.54) is 23.6 Å². The first kappa shape index (κ1) is 14.5. The highest BCUT2D eigenvalue weighted by Crippen LogP contribution is 2.13. The van der Waals surface area contributed by atoms with E-state index in [-0.39, 0.29) is 17.4 Å². The first-order chi connectivity index (χ1) is 9.47. The second kappa shape index (κ2) is 6.06. The highest BCUT2D eigenvalue weighted by molar-refractivity contribution is 7.80. The Labute approximate surface area is 124 Å². The molecule has 1 aromatic heterocycles.